The number of rotatable bonds is 5. The van der Waals surface area contributed by atoms with E-state index in [1.54, 1.807) is 12.1 Å². The van der Waals surface area contributed by atoms with E-state index in [1.165, 1.54) is 17.7 Å². The van der Waals surface area contributed by atoms with Crippen LogP contribution in [0, 0.1) is 0 Å². The maximum Gasteiger partial charge on any atom is 0.251 e. The van der Waals surface area contributed by atoms with Gasteiger partial charge in [-0.2, -0.15) is 0 Å². The molecule has 1 amide bonds. The summed E-state index contributed by atoms with van der Waals surface area (Å²) < 4.78 is 0. The van der Waals surface area contributed by atoms with Gasteiger partial charge in [-0.15, -0.1) is 0 Å². The normalized spacial score (nSPS) is 17.2. The van der Waals surface area contributed by atoms with Gasteiger partial charge in [0.1, 0.15) is 5.75 Å². The zero-order valence-corrected chi connectivity index (χ0v) is 14.2. The first-order valence-corrected chi connectivity index (χ1v) is 8.60. The van der Waals surface area contributed by atoms with Gasteiger partial charge in [-0.3, -0.25) is 9.69 Å². The van der Waals surface area contributed by atoms with Crippen molar-refractivity contribution in [2.24, 2.45) is 0 Å². The van der Waals surface area contributed by atoms with Gasteiger partial charge < -0.3 is 15.5 Å². The SMILES string of the molecule is O=C(NCC1(O)CCN(Cc2ccccc2)CC1)c1ccc(O)cc1. The molecule has 0 atom stereocenters. The lowest BCUT2D eigenvalue weighted by Gasteiger charge is -2.38. The summed E-state index contributed by atoms with van der Waals surface area (Å²) in [5, 5.41) is 22.8. The number of amides is 1. The largest absolute Gasteiger partial charge is 0.508 e. The molecule has 3 N–H and O–H groups in total. The number of nitrogens with zero attached hydrogens (tertiary/aromatic N) is 1. The van der Waals surface area contributed by atoms with Crippen LogP contribution in [0.3, 0.4) is 0 Å². The first-order chi connectivity index (χ1) is 12.0. The van der Waals surface area contributed by atoms with Crippen LogP contribution in [0.4, 0.5) is 0 Å². The Morgan fingerprint density at radius 3 is 2.32 bits per heavy atom. The van der Waals surface area contributed by atoms with Gasteiger partial charge in [0.05, 0.1) is 5.60 Å². The number of phenols is 1. The van der Waals surface area contributed by atoms with Crippen molar-refractivity contribution in [2.75, 3.05) is 19.6 Å². The summed E-state index contributed by atoms with van der Waals surface area (Å²) in [4.78, 5) is 14.5. The lowest BCUT2D eigenvalue weighted by atomic mass is 9.91. The molecule has 3 rings (SSSR count). The van der Waals surface area contributed by atoms with Crippen LogP contribution in [-0.2, 0) is 6.54 Å². The molecule has 0 aromatic heterocycles. The molecule has 5 heteroatoms. The molecule has 1 aliphatic heterocycles. The Bertz CT molecular complexity index is 693. The highest BCUT2D eigenvalue weighted by atomic mass is 16.3. The summed E-state index contributed by atoms with van der Waals surface area (Å²) in [5.41, 5.74) is 0.885. The van der Waals surface area contributed by atoms with E-state index in [9.17, 15) is 15.0 Å². The Morgan fingerprint density at radius 1 is 1.04 bits per heavy atom. The smallest absolute Gasteiger partial charge is 0.251 e. The molecule has 5 nitrogen and oxygen atoms in total. The molecule has 0 spiro atoms. The summed E-state index contributed by atoms with van der Waals surface area (Å²) in [6.07, 6.45) is 1.27. The summed E-state index contributed by atoms with van der Waals surface area (Å²) in [5.74, 6) is -0.110. The average Bonchev–Trinajstić information content (AvgIpc) is 2.63. The molecular formula is C20H24N2O3. The van der Waals surface area contributed by atoms with Crippen LogP contribution in [0.25, 0.3) is 0 Å². The van der Waals surface area contributed by atoms with Crippen LogP contribution in [0.5, 0.6) is 5.75 Å². The monoisotopic (exact) mass is 340 g/mol. The van der Waals surface area contributed by atoms with Gasteiger partial charge in [0, 0.05) is 31.7 Å². The molecule has 132 valence electrons. The van der Waals surface area contributed by atoms with Crippen molar-refractivity contribution in [3.8, 4) is 5.75 Å². The molecule has 1 fully saturated rings. The lowest BCUT2D eigenvalue weighted by molar-refractivity contribution is -0.0208. The third kappa shape index (κ3) is 4.81. The topological polar surface area (TPSA) is 72.8 Å². The fourth-order valence-corrected chi connectivity index (χ4v) is 3.11. The van der Waals surface area contributed by atoms with E-state index in [4.69, 9.17) is 0 Å². The van der Waals surface area contributed by atoms with E-state index in [-0.39, 0.29) is 18.2 Å². The number of phenolic OH excluding ortho intramolecular Hbond substituents is 1. The number of aliphatic hydroxyl groups is 1. The number of benzene rings is 2. The number of carbonyl (C=O) groups excluding carboxylic acids is 1. The molecule has 0 bridgehead atoms. The second kappa shape index (κ2) is 7.68. The molecule has 2 aromatic rings. The third-order valence-corrected chi connectivity index (χ3v) is 4.74. The second-order valence-electron chi connectivity index (χ2n) is 6.72. The first kappa shape index (κ1) is 17.5. The van der Waals surface area contributed by atoms with Crippen molar-refractivity contribution in [1.82, 2.24) is 10.2 Å². The van der Waals surface area contributed by atoms with Crippen LogP contribution in [0.1, 0.15) is 28.8 Å². The highest BCUT2D eigenvalue weighted by molar-refractivity contribution is 5.94. The van der Waals surface area contributed by atoms with Crippen molar-refractivity contribution in [2.45, 2.75) is 25.0 Å². The molecular weight excluding hydrogens is 316 g/mol. The van der Waals surface area contributed by atoms with Crippen LogP contribution in [0.15, 0.2) is 54.6 Å². The van der Waals surface area contributed by atoms with Gasteiger partial charge in [0.2, 0.25) is 0 Å². The second-order valence-corrected chi connectivity index (χ2v) is 6.72. The maximum absolute atomic E-state index is 12.1. The highest BCUT2D eigenvalue weighted by Gasteiger charge is 2.32. The molecule has 2 aromatic carbocycles. The van der Waals surface area contributed by atoms with Crippen molar-refractivity contribution >= 4 is 5.91 Å². The zero-order valence-electron chi connectivity index (χ0n) is 14.2. The molecule has 25 heavy (non-hydrogen) atoms. The Balaban J connectivity index is 1.47. The summed E-state index contributed by atoms with van der Waals surface area (Å²) in [7, 11) is 0. The molecule has 1 saturated heterocycles. The highest BCUT2D eigenvalue weighted by Crippen LogP contribution is 2.23. The van der Waals surface area contributed by atoms with E-state index in [2.05, 4.69) is 22.3 Å². The van der Waals surface area contributed by atoms with Crippen molar-refractivity contribution < 1.29 is 15.0 Å². The fourth-order valence-electron chi connectivity index (χ4n) is 3.11. The zero-order chi connectivity index (χ0) is 17.7. The van der Waals surface area contributed by atoms with Gasteiger partial charge in [-0.05, 0) is 42.7 Å². The number of carbonyl (C=O) groups is 1. The summed E-state index contributed by atoms with van der Waals surface area (Å²) in [6.45, 7) is 2.74. The summed E-state index contributed by atoms with van der Waals surface area (Å²) >= 11 is 0. The minimum absolute atomic E-state index is 0.126. The Labute approximate surface area is 147 Å². The van der Waals surface area contributed by atoms with Crippen LogP contribution < -0.4 is 5.32 Å². The minimum Gasteiger partial charge on any atom is -0.508 e. The van der Waals surface area contributed by atoms with Crippen LogP contribution in [0.2, 0.25) is 0 Å². The Kier molecular flexibility index (Phi) is 5.36. The van der Waals surface area contributed by atoms with Crippen LogP contribution in [-0.4, -0.2) is 46.3 Å². The van der Waals surface area contributed by atoms with Crippen LogP contribution >= 0.6 is 0 Å². The fraction of sp³-hybridized carbons (Fsp3) is 0.350. The standard InChI is InChI=1S/C20H24N2O3/c23-18-8-6-17(7-9-18)19(24)21-15-20(25)10-12-22(13-11-20)14-16-4-2-1-3-5-16/h1-9,23,25H,10-15H2,(H,21,24). The van der Waals surface area contributed by atoms with E-state index >= 15 is 0 Å². The number of hydrogen-bond donors (Lipinski definition) is 3. The third-order valence-electron chi connectivity index (χ3n) is 4.74. The van der Waals surface area contributed by atoms with E-state index in [0.29, 0.717) is 18.4 Å². The molecule has 0 aliphatic carbocycles. The maximum atomic E-state index is 12.1. The van der Waals surface area contributed by atoms with Gasteiger partial charge in [-0.1, -0.05) is 30.3 Å². The van der Waals surface area contributed by atoms with E-state index in [1.807, 2.05) is 18.2 Å². The lowest BCUT2D eigenvalue weighted by Crippen LogP contribution is -2.50. The number of aromatic hydroxyl groups is 1. The molecule has 1 heterocycles. The summed E-state index contributed by atoms with van der Waals surface area (Å²) in [6, 6.07) is 16.4. The molecule has 0 saturated carbocycles. The number of piperidine rings is 1. The number of likely N-dealkylation sites (tertiary alicyclic amines) is 1. The van der Waals surface area contributed by atoms with Gasteiger partial charge in [0.15, 0.2) is 0 Å². The quantitative estimate of drug-likeness (QED) is 0.780. The predicted molar refractivity (Wildman–Crippen MR) is 96.3 cm³/mol. The Morgan fingerprint density at radius 2 is 1.68 bits per heavy atom. The number of hydrogen-bond acceptors (Lipinski definition) is 4. The van der Waals surface area contributed by atoms with Crippen molar-refractivity contribution in [1.29, 1.82) is 0 Å². The number of nitrogens with one attached hydrogen (secondary N) is 1. The Hall–Kier alpha value is -2.37. The predicted octanol–water partition coefficient (Wildman–Crippen LogP) is 2.15. The van der Waals surface area contributed by atoms with E-state index in [0.717, 1.165) is 19.6 Å². The van der Waals surface area contributed by atoms with E-state index < -0.39 is 5.60 Å². The first-order valence-electron chi connectivity index (χ1n) is 8.60. The minimum atomic E-state index is -0.861. The van der Waals surface area contributed by atoms with Gasteiger partial charge in [0.25, 0.3) is 5.91 Å². The molecule has 0 unspecified atom stereocenters. The van der Waals surface area contributed by atoms with Crippen molar-refractivity contribution in [3.63, 3.8) is 0 Å². The van der Waals surface area contributed by atoms with Gasteiger partial charge in [-0.25, -0.2) is 0 Å². The molecule has 1 aliphatic rings. The van der Waals surface area contributed by atoms with Crippen molar-refractivity contribution in [3.05, 3.63) is 65.7 Å². The van der Waals surface area contributed by atoms with Gasteiger partial charge >= 0.3 is 0 Å². The molecule has 0 radical (unpaired) electrons. The average molecular weight is 340 g/mol.